The van der Waals surface area contributed by atoms with Crippen molar-refractivity contribution in [2.75, 3.05) is 7.11 Å². The van der Waals surface area contributed by atoms with Gasteiger partial charge in [-0.15, -0.1) is 0 Å². The first kappa shape index (κ1) is 20.2. The Balaban J connectivity index is 1.76. The normalized spacial score (nSPS) is 10.7. The third-order valence-electron chi connectivity index (χ3n) is 4.90. The van der Waals surface area contributed by atoms with Gasteiger partial charge in [0, 0.05) is 6.07 Å². The van der Waals surface area contributed by atoms with Crippen LogP contribution in [0, 0.1) is 5.21 Å². The van der Waals surface area contributed by atoms with Crippen molar-refractivity contribution in [3.8, 4) is 11.6 Å². The van der Waals surface area contributed by atoms with Crippen molar-refractivity contribution in [1.29, 1.82) is 0 Å². The number of carbonyl (C=O) groups excluding carboxylic acids is 1. The predicted octanol–water partition coefficient (Wildman–Crippen LogP) is 2.92. The molecule has 0 radical (unpaired) electrons. The fraction of sp³-hybridized carbons (Fsp3) is 0.125. The van der Waals surface area contributed by atoms with E-state index < -0.39 is 11.5 Å². The van der Waals surface area contributed by atoms with E-state index in [4.69, 9.17) is 9.47 Å². The number of methoxy groups -OCH3 is 1. The van der Waals surface area contributed by atoms with Gasteiger partial charge < -0.3 is 14.7 Å². The standard InChI is InChI=1S/C24H20N2O5/c1-30-20-11-10-18-13-19(14-23(27)31-16-17-7-3-2-4-8-17)26(24(28)21(18)15-20)22-9-5-6-12-25(22)29/h2-13,15H,14,16H2,1H3. The molecule has 0 aliphatic carbocycles. The minimum Gasteiger partial charge on any atom is -0.711 e. The first-order valence-electron chi connectivity index (χ1n) is 9.67. The number of fused-ring (bicyclic) bond motifs is 1. The zero-order valence-electron chi connectivity index (χ0n) is 16.9. The fourth-order valence-corrected chi connectivity index (χ4v) is 3.38. The van der Waals surface area contributed by atoms with E-state index in [9.17, 15) is 14.8 Å². The lowest BCUT2D eigenvalue weighted by Crippen LogP contribution is -2.37. The van der Waals surface area contributed by atoms with E-state index in [-0.39, 0.29) is 18.8 Å². The number of hydrogen-bond acceptors (Lipinski definition) is 5. The highest BCUT2D eigenvalue weighted by atomic mass is 16.5. The van der Waals surface area contributed by atoms with Crippen molar-refractivity contribution in [3.05, 3.63) is 106 Å². The molecule has 0 fully saturated rings. The molecule has 156 valence electrons. The summed E-state index contributed by atoms with van der Waals surface area (Å²) < 4.78 is 12.4. The van der Waals surface area contributed by atoms with E-state index in [1.165, 1.54) is 23.9 Å². The van der Waals surface area contributed by atoms with Gasteiger partial charge in [0.05, 0.1) is 18.7 Å². The second kappa shape index (κ2) is 8.71. The Morgan fingerprint density at radius 1 is 1.03 bits per heavy atom. The third-order valence-corrected chi connectivity index (χ3v) is 4.90. The first-order chi connectivity index (χ1) is 15.1. The number of nitrogens with zero attached hydrogens (tertiary/aromatic N) is 2. The smallest absolute Gasteiger partial charge is 0.346 e. The monoisotopic (exact) mass is 416 g/mol. The number of aromatic nitrogens is 2. The Morgan fingerprint density at radius 3 is 2.55 bits per heavy atom. The molecule has 31 heavy (non-hydrogen) atoms. The molecule has 4 rings (SSSR count). The average Bonchev–Trinajstić information content (AvgIpc) is 2.79. The second-order valence-electron chi connectivity index (χ2n) is 6.94. The van der Waals surface area contributed by atoms with Crippen LogP contribution in [0.2, 0.25) is 0 Å². The van der Waals surface area contributed by atoms with Crippen LogP contribution in [0.5, 0.6) is 5.75 Å². The molecule has 2 aromatic carbocycles. The van der Waals surface area contributed by atoms with Gasteiger partial charge in [0.25, 0.3) is 5.82 Å². The van der Waals surface area contributed by atoms with Gasteiger partial charge in [-0.3, -0.25) is 4.79 Å². The van der Waals surface area contributed by atoms with Gasteiger partial charge in [0.15, 0.2) is 0 Å². The van der Waals surface area contributed by atoms with Gasteiger partial charge >= 0.3 is 11.5 Å². The van der Waals surface area contributed by atoms with Crippen molar-refractivity contribution in [1.82, 2.24) is 4.57 Å². The molecule has 2 aromatic heterocycles. The number of rotatable bonds is 6. The topological polar surface area (TPSA) is 84.5 Å². The molecule has 0 saturated heterocycles. The summed E-state index contributed by atoms with van der Waals surface area (Å²) in [5.74, 6) is 0.121. The van der Waals surface area contributed by atoms with Gasteiger partial charge in [-0.2, -0.15) is 4.57 Å². The number of benzene rings is 2. The second-order valence-corrected chi connectivity index (χ2v) is 6.94. The third kappa shape index (κ3) is 4.25. The highest BCUT2D eigenvalue weighted by molar-refractivity contribution is 5.85. The molecule has 0 unspecified atom stereocenters. The quantitative estimate of drug-likeness (QED) is 0.274. The molecule has 0 amide bonds. The number of pyridine rings is 2. The molecular formula is C24H20N2O5. The molecule has 0 spiro atoms. The molecule has 0 saturated carbocycles. The Labute approximate surface area is 178 Å². The van der Waals surface area contributed by atoms with Crippen LogP contribution in [0.4, 0.5) is 0 Å². The van der Waals surface area contributed by atoms with Crippen molar-refractivity contribution < 1.29 is 19.0 Å². The predicted molar refractivity (Wildman–Crippen MR) is 115 cm³/mol. The van der Waals surface area contributed by atoms with E-state index in [0.29, 0.717) is 26.9 Å². The Kier molecular flexibility index (Phi) is 5.66. The summed E-state index contributed by atoms with van der Waals surface area (Å²) in [5, 5.41) is 13.4. The first-order valence-corrected chi connectivity index (χ1v) is 9.67. The lowest BCUT2D eigenvalue weighted by atomic mass is 10.1. The summed E-state index contributed by atoms with van der Waals surface area (Å²) in [4.78, 5) is 25.9. The summed E-state index contributed by atoms with van der Waals surface area (Å²) in [6.45, 7) is 0.127. The van der Waals surface area contributed by atoms with Crippen LogP contribution in [-0.2, 0) is 22.6 Å². The largest absolute Gasteiger partial charge is 0.711 e. The Bertz CT molecular complexity index is 1300. The van der Waals surface area contributed by atoms with Crippen molar-refractivity contribution in [3.63, 3.8) is 0 Å². The van der Waals surface area contributed by atoms with Crippen molar-refractivity contribution in [2.45, 2.75) is 13.0 Å². The zero-order valence-corrected chi connectivity index (χ0v) is 16.9. The van der Waals surface area contributed by atoms with E-state index in [0.717, 1.165) is 5.56 Å². The summed E-state index contributed by atoms with van der Waals surface area (Å²) in [6.07, 6.45) is 1.13. The summed E-state index contributed by atoms with van der Waals surface area (Å²) in [7, 11) is 1.51. The number of carbonyl (C=O) groups is 1. The zero-order chi connectivity index (χ0) is 21.8. The summed E-state index contributed by atoms with van der Waals surface area (Å²) in [6, 6.07) is 20.9. The lowest BCUT2D eigenvalue weighted by Gasteiger charge is -2.13. The molecule has 4 aromatic rings. The van der Waals surface area contributed by atoms with Crippen LogP contribution >= 0.6 is 0 Å². The van der Waals surface area contributed by atoms with Crippen molar-refractivity contribution in [2.24, 2.45) is 0 Å². The molecular weight excluding hydrogens is 396 g/mol. The number of ether oxygens (including phenoxy) is 2. The molecule has 0 aliphatic rings. The van der Waals surface area contributed by atoms with Gasteiger partial charge in [-0.05, 0) is 35.2 Å². The molecule has 0 bridgehead atoms. The summed E-state index contributed by atoms with van der Waals surface area (Å²) in [5.41, 5.74) is 0.800. The average molecular weight is 416 g/mol. The van der Waals surface area contributed by atoms with Gasteiger partial charge in [-0.1, -0.05) is 42.5 Å². The molecule has 0 aliphatic heterocycles. The minimum absolute atomic E-state index is 0.100. The van der Waals surface area contributed by atoms with Crippen LogP contribution in [0.3, 0.4) is 0 Å². The lowest BCUT2D eigenvalue weighted by molar-refractivity contribution is -0.599. The van der Waals surface area contributed by atoms with Gasteiger partial charge in [-0.25, -0.2) is 9.52 Å². The van der Waals surface area contributed by atoms with Crippen molar-refractivity contribution >= 4 is 16.7 Å². The van der Waals surface area contributed by atoms with E-state index in [1.807, 2.05) is 30.3 Å². The maximum Gasteiger partial charge on any atom is 0.346 e. The maximum atomic E-state index is 13.3. The van der Waals surface area contributed by atoms with E-state index in [2.05, 4.69) is 0 Å². The van der Waals surface area contributed by atoms with Crippen LogP contribution in [0.1, 0.15) is 11.3 Å². The van der Waals surface area contributed by atoms with Crippen LogP contribution in [0.25, 0.3) is 16.6 Å². The molecule has 0 N–H and O–H groups in total. The molecule has 7 nitrogen and oxygen atoms in total. The fourth-order valence-electron chi connectivity index (χ4n) is 3.38. The molecule has 0 atom stereocenters. The van der Waals surface area contributed by atoms with E-state index >= 15 is 0 Å². The highest BCUT2D eigenvalue weighted by Gasteiger charge is 2.22. The van der Waals surface area contributed by atoms with Crippen LogP contribution < -0.4 is 15.0 Å². The van der Waals surface area contributed by atoms with Crippen LogP contribution in [-0.4, -0.2) is 17.6 Å². The van der Waals surface area contributed by atoms with Crippen LogP contribution in [0.15, 0.2) is 83.8 Å². The molecule has 2 heterocycles. The highest BCUT2D eigenvalue weighted by Crippen LogP contribution is 2.21. The number of hydrogen-bond donors (Lipinski definition) is 0. The maximum absolute atomic E-state index is 13.3. The Morgan fingerprint density at radius 2 is 1.81 bits per heavy atom. The summed E-state index contributed by atoms with van der Waals surface area (Å²) >= 11 is 0. The Hall–Kier alpha value is -4.13. The van der Waals surface area contributed by atoms with E-state index in [1.54, 1.807) is 36.4 Å². The minimum atomic E-state index is -0.502. The van der Waals surface area contributed by atoms with Gasteiger partial charge in [0.2, 0.25) is 0 Å². The van der Waals surface area contributed by atoms with Gasteiger partial charge in [0.1, 0.15) is 24.5 Å². The number of esters is 1. The molecule has 7 heteroatoms. The SMILES string of the molecule is COc1ccc2cc(CC(=O)OCc3ccccc3)n(-c3cccc[n+]3[O-])c(=O)c2c1.